The first-order chi connectivity index (χ1) is 9.90. The highest BCUT2D eigenvalue weighted by Crippen LogP contribution is 2.27. The van der Waals surface area contributed by atoms with Crippen molar-refractivity contribution in [2.75, 3.05) is 26.2 Å². The van der Waals surface area contributed by atoms with Gasteiger partial charge in [0.25, 0.3) is 0 Å². The van der Waals surface area contributed by atoms with Crippen LogP contribution in [-0.2, 0) is 14.4 Å². The van der Waals surface area contributed by atoms with Gasteiger partial charge >= 0.3 is 0 Å². The van der Waals surface area contributed by atoms with Crippen LogP contribution in [0.1, 0.15) is 26.7 Å². The zero-order chi connectivity index (χ0) is 15.6. The summed E-state index contributed by atoms with van der Waals surface area (Å²) in [4.78, 5) is 39.0. The van der Waals surface area contributed by atoms with Crippen molar-refractivity contribution in [2.45, 2.75) is 38.8 Å². The summed E-state index contributed by atoms with van der Waals surface area (Å²) >= 11 is 0. The molecule has 2 rings (SSSR count). The Labute approximate surface area is 137 Å². The first kappa shape index (κ1) is 18.7. The standard InChI is InChI=1S/C14H24N4O3.ClH/c1-9(2)13(15)14(21)16-7-11(19)17-5-6-18(10-3-4-10)12(20)8-17;/h9-10,13H,3-8,15H2,1-2H3,(H,16,21);1H/t13-;/m0./s1. The third-order valence-corrected chi connectivity index (χ3v) is 4.03. The molecule has 0 radical (unpaired) electrons. The van der Waals surface area contributed by atoms with E-state index in [2.05, 4.69) is 5.32 Å². The maximum atomic E-state index is 12.0. The average molecular weight is 333 g/mol. The second-order valence-corrected chi connectivity index (χ2v) is 6.12. The number of halogens is 1. The van der Waals surface area contributed by atoms with Crippen LogP contribution in [0.3, 0.4) is 0 Å². The lowest BCUT2D eigenvalue weighted by Gasteiger charge is -2.34. The number of carbonyl (C=O) groups excluding carboxylic acids is 3. The molecule has 3 N–H and O–H groups in total. The van der Waals surface area contributed by atoms with E-state index in [-0.39, 0.29) is 49.1 Å². The van der Waals surface area contributed by atoms with Crippen molar-refractivity contribution in [3.05, 3.63) is 0 Å². The average Bonchev–Trinajstić information content (AvgIpc) is 3.27. The number of rotatable bonds is 5. The van der Waals surface area contributed by atoms with Crippen LogP contribution in [0, 0.1) is 5.92 Å². The molecule has 0 aromatic carbocycles. The second kappa shape index (κ2) is 7.78. The minimum Gasteiger partial charge on any atom is -0.346 e. The summed E-state index contributed by atoms with van der Waals surface area (Å²) in [6.45, 7) is 4.84. The van der Waals surface area contributed by atoms with Crippen LogP contribution in [-0.4, -0.2) is 65.8 Å². The lowest BCUT2D eigenvalue weighted by molar-refractivity contribution is -0.145. The molecule has 0 aromatic rings. The Kier molecular flexibility index (Phi) is 6.62. The lowest BCUT2D eigenvalue weighted by Crippen LogP contribution is -2.55. The van der Waals surface area contributed by atoms with Crippen molar-refractivity contribution >= 4 is 30.1 Å². The van der Waals surface area contributed by atoms with Crippen molar-refractivity contribution in [1.29, 1.82) is 0 Å². The predicted molar refractivity (Wildman–Crippen MR) is 84.4 cm³/mol. The molecule has 2 fully saturated rings. The van der Waals surface area contributed by atoms with Gasteiger partial charge in [-0.1, -0.05) is 13.8 Å². The molecule has 1 heterocycles. The smallest absolute Gasteiger partial charge is 0.242 e. The first-order valence-corrected chi connectivity index (χ1v) is 7.50. The van der Waals surface area contributed by atoms with E-state index in [0.29, 0.717) is 19.1 Å². The number of amides is 3. The molecular weight excluding hydrogens is 308 g/mol. The van der Waals surface area contributed by atoms with E-state index in [0.717, 1.165) is 12.8 Å². The quantitative estimate of drug-likeness (QED) is 0.698. The number of carbonyl (C=O) groups is 3. The van der Waals surface area contributed by atoms with Gasteiger partial charge in [0.1, 0.15) is 0 Å². The zero-order valence-electron chi connectivity index (χ0n) is 13.1. The molecule has 2 aliphatic rings. The van der Waals surface area contributed by atoms with Crippen LogP contribution >= 0.6 is 12.4 Å². The Bertz CT molecular complexity index is 440. The third kappa shape index (κ3) is 4.58. The van der Waals surface area contributed by atoms with Crippen molar-refractivity contribution in [2.24, 2.45) is 11.7 Å². The van der Waals surface area contributed by atoms with Gasteiger partial charge in [-0.05, 0) is 18.8 Å². The summed E-state index contributed by atoms with van der Waals surface area (Å²) in [6, 6.07) is -0.232. The molecule has 0 spiro atoms. The Hall–Kier alpha value is -1.34. The number of piperazine rings is 1. The largest absolute Gasteiger partial charge is 0.346 e. The van der Waals surface area contributed by atoms with E-state index in [1.165, 1.54) is 4.90 Å². The zero-order valence-corrected chi connectivity index (χ0v) is 13.9. The van der Waals surface area contributed by atoms with Gasteiger partial charge in [-0.2, -0.15) is 0 Å². The van der Waals surface area contributed by atoms with Crippen LogP contribution in [0.5, 0.6) is 0 Å². The molecule has 22 heavy (non-hydrogen) atoms. The molecule has 0 unspecified atom stereocenters. The summed E-state index contributed by atoms with van der Waals surface area (Å²) in [5.74, 6) is -0.546. The number of nitrogens with zero attached hydrogens (tertiary/aromatic N) is 2. The highest BCUT2D eigenvalue weighted by Gasteiger charge is 2.36. The topological polar surface area (TPSA) is 95.7 Å². The molecule has 1 saturated carbocycles. The summed E-state index contributed by atoms with van der Waals surface area (Å²) in [5.41, 5.74) is 5.71. The number of hydrogen-bond acceptors (Lipinski definition) is 4. The molecule has 7 nitrogen and oxygen atoms in total. The van der Waals surface area contributed by atoms with Crippen molar-refractivity contribution < 1.29 is 14.4 Å². The highest BCUT2D eigenvalue weighted by atomic mass is 35.5. The van der Waals surface area contributed by atoms with Gasteiger partial charge in [0.2, 0.25) is 17.7 Å². The van der Waals surface area contributed by atoms with E-state index in [1.807, 2.05) is 18.7 Å². The van der Waals surface area contributed by atoms with E-state index >= 15 is 0 Å². The molecule has 8 heteroatoms. The molecular formula is C14H25ClN4O3. The molecule has 0 aromatic heterocycles. The maximum Gasteiger partial charge on any atom is 0.242 e. The van der Waals surface area contributed by atoms with E-state index < -0.39 is 6.04 Å². The maximum absolute atomic E-state index is 12.0. The van der Waals surface area contributed by atoms with E-state index in [4.69, 9.17) is 5.73 Å². The van der Waals surface area contributed by atoms with Crippen LogP contribution in [0.15, 0.2) is 0 Å². The van der Waals surface area contributed by atoms with E-state index in [1.54, 1.807) is 0 Å². The molecule has 1 saturated heterocycles. The molecule has 0 bridgehead atoms. The van der Waals surface area contributed by atoms with Gasteiger partial charge in [-0.25, -0.2) is 0 Å². The van der Waals surface area contributed by atoms with Gasteiger partial charge in [0.05, 0.1) is 19.1 Å². The Morgan fingerprint density at radius 3 is 2.45 bits per heavy atom. The fraction of sp³-hybridized carbons (Fsp3) is 0.786. The van der Waals surface area contributed by atoms with Crippen molar-refractivity contribution in [3.8, 4) is 0 Å². The summed E-state index contributed by atoms with van der Waals surface area (Å²) in [7, 11) is 0. The summed E-state index contributed by atoms with van der Waals surface area (Å²) in [6.07, 6.45) is 2.14. The minimum absolute atomic E-state index is 0. The fourth-order valence-corrected chi connectivity index (χ4v) is 2.37. The van der Waals surface area contributed by atoms with Gasteiger partial charge < -0.3 is 20.9 Å². The van der Waals surface area contributed by atoms with Gasteiger partial charge in [-0.3, -0.25) is 14.4 Å². The van der Waals surface area contributed by atoms with Gasteiger partial charge in [0.15, 0.2) is 0 Å². The van der Waals surface area contributed by atoms with Crippen LogP contribution in [0.2, 0.25) is 0 Å². The van der Waals surface area contributed by atoms with Gasteiger partial charge in [0, 0.05) is 19.1 Å². The monoisotopic (exact) mass is 332 g/mol. The third-order valence-electron chi connectivity index (χ3n) is 4.03. The van der Waals surface area contributed by atoms with Gasteiger partial charge in [-0.15, -0.1) is 12.4 Å². The Balaban J connectivity index is 0.00000242. The van der Waals surface area contributed by atoms with Crippen molar-refractivity contribution in [1.82, 2.24) is 15.1 Å². The van der Waals surface area contributed by atoms with Crippen molar-refractivity contribution in [3.63, 3.8) is 0 Å². The molecule has 1 aliphatic heterocycles. The first-order valence-electron chi connectivity index (χ1n) is 7.50. The van der Waals surface area contributed by atoms with Crippen LogP contribution in [0.25, 0.3) is 0 Å². The number of nitrogens with one attached hydrogen (secondary N) is 1. The predicted octanol–water partition coefficient (Wildman–Crippen LogP) is -0.659. The number of nitrogens with two attached hydrogens (primary N) is 1. The van der Waals surface area contributed by atoms with Crippen LogP contribution in [0.4, 0.5) is 0 Å². The fourth-order valence-electron chi connectivity index (χ4n) is 2.37. The molecule has 1 aliphatic carbocycles. The normalized spacial score (nSPS) is 19.7. The minimum atomic E-state index is -0.619. The Morgan fingerprint density at radius 1 is 1.32 bits per heavy atom. The summed E-state index contributed by atoms with van der Waals surface area (Å²) < 4.78 is 0. The molecule has 126 valence electrons. The highest BCUT2D eigenvalue weighted by molar-refractivity contribution is 5.90. The van der Waals surface area contributed by atoms with Crippen LogP contribution < -0.4 is 11.1 Å². The summed E-state index contributed by atoms with van der Waals surface area (Å²) in [5, 5.41) is 2.54. The molecule has 1 atom stereocenters. The lowest BCUT2D eigenvalue weighted by atomic mass is 10.1. The molecule has 3 amide bonds. The van der Waals surface area contributed by atoms with E-state index in [9.17, 15) is 14.4 Å². The number of hydrogen-bond donors (Lipinski definition) is 2. The Morgan fingerprint density at radius 2 is 1.95 bits per heavy atom. The second-order valence-electron chi connectivity index (χ2n) is 6.12. The SMILES string of the molecule is CC(C)[C@H](N)C(=O)NCC(=O)N1CCN(C2CC2)C(=O)C1.Cl.